The minimum atomic E-state index is -4.69. The molecule has 0 aromatic rings. The Kier molecular flexibility index (Phi) is 1.79. The number of hydrogen-bond donors (Lipinski definition) is 0. The van der Waals surface area contributed by atoms with Gasteiger partial charge in [-0.2, -0.15) is 0 Å². The predicted octanol–water partition coefficient (Wildman–Crippen LogP) is 0.880. The van der Waals surface area contributed by atoms with Gasteiger partial charge in [-0.1, -0.05) is 0 Å². The summed E-state index contributed by atoms with van der Waals surface area (Å²) in [5, 5.41) is 0. The Balaban J connectivity index is 2.32. The minimum absolute atomic E-state index is 4.69. The van der Waals surface area contributed by atoms with Gasteiger partial charge in [0.05, 0.1) is 0 Å². The van der Waals surface area contributed by atoms with E-state index in [4.69, 9.17) is 0 Å². The predicted molar refractivity (Wildman–Crippen MR) is 9.08 cm³/mol. The van der Waals surface area contributed by atoms with Crippen molar-refractivity contribution in [3.63, 3.8) is 0 Å². The van der Waals surface area contributed by atoms with E-state index in [2.05, 4.69) is 0 Å². The van der Waals surface area contributed by atoms with Gasteiger partial charge in [0.2, 0.25) is 0 Å². The Morgan fingerprint density at radius 2 is 1.00 bits per heavy atom. The van der Waals surface area contributed by atoms with Gasteiger partial charge in [0.15, 0.2) is 0 Å². The van der Waals surface area contributed by atoms with Crippen LogP contribution >= 0.6 is 0 Å². The van der Waals surface area contributed by atoms with Crippen LogP contribution in [0.15, 0.2) is 0 Å². The van der Waals surface area contributed by atoms with Gasteiger partial charge in [-0.25, -0.2) is 0 Å². The van der Waals surface area contributed by atoms with Crippen LogP contribution in [0.3, 0.4) is 0 Å². The van der Waals surface area contributed by atoms with Gasteiger partial charge in [0.1, 0.15) is 0 Å². The van der Waals surface area contributed by atoms with Gasteiger partial charge < -0.3 is 0 Å². The van der Waals surface area contributed by atoms with Crippen LogP contribution in [0.4, 0.5) is 10.4 Å². The van der Waals surface area contributed by atoms with Crippen LogP contribution in [0.1, 0.15) is 0 Å². The van der Waals surface area contributed by atoms with Crippen molar-refractivity contribution in [3.05, 3.63) is 0 Å². The summed E-state index contributed by atoms with van der Waals surface area (Å²) in [7, 11) is 0. The molecule has 0 fully saturated rings. The molecule has 0 radical (unpaired) electrons. The molecule has 0 aliphatic heterocycles. The first kappa shape index (κ1) is 4.35. The van der Waals surface area contributed by atoms with Crippen LogP contribution in [0.25, 0.3) is 0 Å². The van der Waals surface area contributed by atoms with Crippen LogP contribution in [-0.2, 0) is 0 Å². The van der Waals surface area contributed by atoms with E-state index >= 15 is 0 Å². The van der Waals surface area contributed by atoms with Gasteiger partial charge in [-0.3, -0.25) is 0 Å². The molecule has 0 amide bonds. The quantitative estimate of drug-likeness (QED) is 0.429. The first-order valence-electron chi connectivity index (χ1n) is 0.507. The Hall–Kier alpha value is 0.348. The molecular formula is AsF3. The second-order valence-corrected chi connectivity index (χ2v) is 0.996. The molecule has 0 atom stereocenters. The topological polar surface area (TPSA) is 0 Å². The van der Waals surface area contributed by atoms with Crippen LogP contribution in [0.5, 0.6) is 0 Å². The fraction of sp³-hybridized carbons (Fsp3) is 0. The monoisotopic (exact) mass is 132 g/mol. The van der Waals surface area contributed by atoms with E-state index in [-0.39, 0.29) is 0 Å². The third-order valence-electron chi connectivity index (χ3n) is 0. The average molecular weight is 132 g/mol. The zero-order valence-corrected chi connectivity index (χ0v) is 3.46. The van der Waals surface area contributed by atoms with Crippen LogP contribution < -0.4 is 0 Å². The third kappa shape index (κ3) is 35.2. The molecular weight excluding hydrogens is 132 g/mol. The summed E-state index contributed by atoms with van der Waals surface area (Å²) in [6.45, 7) is 0. The van der Waals surface area contributed by atoms with Crippen LogP contribution in [0.2, 0.25) is 0 Å². The molecule has 0 N–H and O–H groups in total. The summed E-state index contributed by atoms with van der Waals surface area (Å²) >= 11 is -4.69. The SMILES string of the molecule is F[As](F)F. The van der Waals surface area contributed by atoms with Gasteiger partial charge in [0, 0.05) is 0 Å². The Bertz CT molecular complexity index is 8.00. The van der Waals surface area contributed by atoms with Crippen molar-refractivity contribution in [2.75, 3.05) is 0 Å². The maximum absolute atomic E-state index is 9.81. The summed E-state index contributed by atoms with van der Waals surface area (Å²) in [6, 6.07) is 0. The Morgan fingerprint density at radius 1 is 1.00 bits per heavy atom. The summed E-state index contributed by atoms with van der Waals surface area (Å²) < 4.78 is 29.4. The normalized spacial score (nSPS) is 9.00. The van der Waals surface area contributed by atoms with E-state index in [0.29, 0.717) is 0 Å². The van der Waals surface area contributed by atoms with Crippen molar-refractivity contribution in [1.82, 2.24) is 0 Å². The standard InChI is InChI=1S/AsF3/c2-1(3)4. The van der Waals surface area contributed by atoms with Gasteiger partial charge >= 0.3 is 26.5 Å². The molecule has 0 aromatic carbocycles. The van der Waals surface area contributed by atoms with Crippen molar-refractivity contribution in [2.24, 2.45) is 0 Å². The molecule has 0 aliphatic carbocycles. The van der Waals surface area contributed by atoms with E-state index < -0.39 is 16.1 Å². The van der Waals surface area contributed by atoms with Crippen molar-refractivity contribution < 1.29 is 10.4 Å². The molecule has 0 nitrogen and oxygen atoms in total. The summed E-state index contributed by atoms with van der Waals surface area (Å²) in [4.78, 5) is 0. The van der Waals surface area contributed by atoms with Gasteiger partial charge in [0.25, 0.3) is 0 Å². The maximum atomic E-state index is 9.81. The summed E-state index contributed by atoms with van der Waals surface area (Å²) in [5.41, 5.74) is 0. The van der Waals surface area contributed by atoms with E-state index in [0.717, 1.165) is 0 Å². The third-order valence-corrected chi connectivity index (χ3v) is 0. The second kappa shape index (κ2) is 1.65. The first-order valence-corrected chi connectivity index (χ1v) is 2.63. The Labute approximate surface area is 27.4 Å². The van der Waals surface area contributed by atoms with Crippen molar-refractivity contribution in [2.45, 2.75) is 0 Å². The summed E-state index contributed by atoms with van der Waals surface area (Å²) in [5.74, 6) is 0. The Morgan fingerprint density at radius 3 is 1.00 bits per heavy atom. The van der Waals surface area contributed by atoms with Crippen molar-refractivity contribution in [1.29, 1.82) is 0 Å². The number of rotatable bonds is 0. The van der Waals surface area contributed by atoms with Gasteiger partial charge in [-0.05, 0) is 0 Å². The molecule has 0 aromatic heterocycles. The fourth-order valence-corrected chi connectivity index (χ4v) is 0. The zero-order valence-electron chi connectivity index (χ0n) is 1.58. The molecule has 0 bridgehead atoms. The molecule has 0 spiro atoms. The molecule has 0 saturated heterocycles. The van der Waals surface area contributed by atoms with Crippen LogP contribution in [0, 0.1) is 0 Å². The summed E-state index contributed by atoms with van der Waals surface area (Å²) in [6.07, 6.45) is 0. The van der Waals surface area contributed by atoms with Crippen molar-refractivity contribution >= 4 is 16.1 Å². The fourth-order valence-electron chi connectivity index (χ4n) is 0. The molecule has 0 aliphatic rings. The first-order chi connectivity index (χ1) is 1.73. The molecule has 0 heterocycles. The molecule has 0 saturated carbocycles. The molecule has 26 valence electrons. The molecule has 0 rings (SSSR count). The molecule has 0 unspecified atom stereocenters. The zero-order chi connectivity index (χ0) is 3.58. The number of hydrogen-bond acceptors (Lipinski definition) is 0. The molecule has 4 heavy (non-hydrogen) atoms. The number of halogens is 3. The second-order valence-electron chi connectivity index (χ2n) is 0.192. The van der Waals surface area contributed by atoms with Crippen LogP contribution in [-0.4, -0.2) is 16.1 Å². The van der Waals surface area contributed by atoms with E-state index in [1.807, 2.05) is 0 Å². The van der Waals surface area contributed by atoms with Gasteiger partial charge in [-0.15, -0.1) is 0 Å². The van der Waals surface area contributed by atoms with Crippen molar-refractivity contribution in [3.8, 4) is 0 Å². The molecule has 4 heteroatoms. The van der Waals surface area contributed by atoms with E-state index in [9.17, 15) is 10.4 Å². The van der Waals surface area contributed by atoms with E-state index in [1.54, 1.807) is 0 Å². The van der Waals surface area contributed by atoms with E-state index in [1.165, 1.54) is 0 Å². The average Bonchev–Trinajstić information content (AvgIpc) is 0.811.